The molecule has 94 valence electrons. The third-order valence-corrected chi connectivity index (χ3v) is 2.78. The number of carbonyl (C=O) groups is 1. The lowest BCUT2D eigenvalue weighted by atomic mass is 10.2. The second kappa shape index (κ2) is 5.90. The number of methoxy groups -OCH3 is 2. The van der Waals surface area contributed by atoms with Gasteiger partial charge in [-0.1, -0.05) is 0 Å². The largest absolute Gasteiger partial charge is 0.495 e. The minimum atomic E-state index is -2.75. The van der Waals surface area contributed by atoms with Crippen molar-refractivity contribution in [3.8, 4) is 5.75 Å². The van der Waals surface area contributed by atoms with E-state index in [-0.39, 0.29) is 22.3 Å². The number of nitrogens with zero attached hydrogens (tertiary/aromatic N) is 1. The number of aromatic nitrogens is 1. The van der Waals surface area contributed by atoms with Gasteiger partial charge in [0.25, 0.3) is 6.43 Å². The summed E-state index contributed by atoms with van der Waals surface area (Å²) in [6, 6.07) is 1.41. The van der Waals surface area contributed by atoms with E-state index in [1.54, 1.807) is 0 Å². The lowest BCUT2D eigenvalue weighted by Gasteiger charge is -2.10. The number of rotatable bonds is 4. The van der Waals surface area contributed by atoms with Gasteiger partial charge in [-0.25, -0.2) is 13.8 Å². The molecule has 0 spiro atoms. The first kappa shape index (κ1) is 13.8. The number of esters is 1. The Bertz CT molecular complexity index is 426. The highest BCUT2D eigenvalue weighted by molar-refractivity contribution is 9.10. The molecule has 0 aliphatic heterocycles. The second-order valence-electron chi connectivity index (χ2n) is 3.07. The molecule has 0 radical (unpaired) electrons. The zero-order valence-electron chi connectivity index (χ0n) is 9.17. The Morgan fingerprint density at radius 1 is 1.53 bits per heavy atom. The number of alkyl halides is 2. The van der Waals surface area contributed by atoms with Crippen molar-refractivity contribution in [1.82, 2.24) is 4.98 Å². The van der Waals surface area contributed by atoms with Gasteiger partial charge in [0.2, 0.25) is 0 Å². The van der Waals surface area contributed by atoms with Gasteiger partial charge in [-0.05, 0) is 15.9 Å². The zero-order valence-corrected chi connectivity index (χ0v) is 10.8. The van der Waals surface area contributed by atoms with Crippen LogP contribution in [0.4, 0.5) is 8.78 Å². The molecule has 1 aromatic rings. The monoisotopic (exact) mass is 309 g/mol. The Hall–Kier alpha value is -1.24. The number of hydrogen-bond acceptors (Lipinski definition) is 4. The maximum absolute atomic E-state index is 12.7. The highest BCUT2D eigenvalue weighted by Crippen LogP contribution is 2.33. The van der Waals surface area contributed by atoms with Gasteiger partial charge in [0, 0.05) is 6.07 Å². The summed E-state index contributed by atoms with van der Waals surface area (Å²) < 4.78 is 34.8. The van der Waals surface area contributed by atoms with Crippen molar-refractivity contribution in [3.05, 3.63) is 21.9 Å². The summed E-state index contributed by atoms with van der Waals surface area (Å²) in [4.78, 5) is 14.7. The van der Waals surface area contributed by atoms with E-state index in [4.69, 9.17) is 4.74 Å². The number of halogens is 3. The normalized spacial score (nSPS) is 10.5. The maximum Gasteiger partial charge on any atom is 0.311 e. The lowest BCUT2D eigenvalue weighted by Crippen LogP contribution is -2.08. The number of hydrogen-bond donors (Lipinski definition) is 0. The van der Waals surface area contributed by atoms with Crippen LogP contribution in [0.3, 0.4) is 0 Å². The van der Waals surface area contributed by atoms with Crippen LogP contribution < -0.4 is 4.74 Å². The molecule has 0 N–H and O–H groups in total. The van der Waals surface area contributed by atoms with E-state index in [1.165, 1.54) is 20.3 Å². The topological polar surface area (TPSA) is 48.4 Å². The first-order chi connectivity index (χ1) is 7.99. The van der Waals surface area contributed by atoms with Crippen LogP contribution in [-0.2, 0) is 16.0 Å². The van der Waals surface area contributed by atoms with Crippen LogP contribution in [0.1, 0.15) is 17.8 Å². The predicted octanol–water partition coefficient (Wildman–Crippen LogP) is 2.51. The highest BCUT2D eigenvalue weighted by Gasteiger charge is 2.19. The van der Waals surface area contributed by atoms with Gasteiger partial charge >= 0.3 is 5.97 Å². The van der Waals surface area contributed by atoms with E-state index in [2.05, 4.69) is 25.7 Å². The molecule has 1 aromatic heterocycles. The molecule has 0 atom stereocenters. The van der Waals surface area contributed by atoms with Crippen molar-refractivity contribution >= 4 is 21.9 Å². The van der Waals surface area contributed by atoms with Gasteiger partial charge in [0.05, 0.1) is 30.8 Å². The molecule has 0 fully saturated rings. The Labute approximate surface area is 105 Å². The van der Waals surface area contributed by atoms with Gasteiger partial charge in [0.15, 0.2) is 0 Å². The van der Waals surface area contributed by atoms with Crippen LogP contribution in [0, 0.1) is 0 Å². The fraction of sp³-hybridized carbons (Fsp3) is 0.400. The standard InChI is InChI=1S/C10H10BrF2NO3/c1-16-6-3-5(4-7(15)17-2)14-9(8(6)11)10(12)13/h3,10H,4H2,1-2H3. The second-order valence-corrected chi connectivity index (χ2v) is 3.86. The number of pyridine rings is 1. The quantitative estimate of drug-likeness (QED) is 0.802. The summed E-state index contributed by atoms with van der Waals surface area (Å²) in [5, 5.41) is 0. The average Bonchev–Trinajstić information content (AvgIpc) is 2.30. The molecular formula is C10H10BrF2NO3. The molecule has 7 heteroatoms. The Morgan fingerprint density at radius 3 is 2.65 bits per heavy atom. The molecule has 1 heterocycles. The van der Waals surface area contributed by atoms with E-state index < -0.39 is 18.1 Å². The van der Waals surface area contributed by atoms with Crippen LogP contribution in [0.2, 0.25) is 0 Å². The number of carbonyl (C=O) groups excluding carboxylic acids is 1. The van der Waals surface area contributed by atoms with Gasteiger partial charge in [-0.3, -0.25) is 4.79 Å². The van der Waals surface area contributed by atoms with E-state index in [1.807, 2.05) is 0 Å². The fourth-order valence-corrected chi connectivity index (χ4v) is 1.72. The van der Waals surface area contributed by atoms with Gasteiger partial charge < -0.3 is 9.47 Å². The molecular weight excluding hydrogens is 300 g/mol. The van der Waals surface area contributed by atoms with Crippen molar-refractivity contribution in [2.24, 2.45) is 0 Å². The summed E-state index contributed by atoms with van der Waals surface area (Å²) in [7, 11) is 2.56. The highest BCUT2D eigenvalue weighted by atomic mass is 79.9. The fourth-order valence-electron chi connectivity index (χ4n) is 1.18. The van der Waals surface area contributed by atoms with Crippen LogP contribution in [0.15, 0.2) is 10.5 Å². The molecule has 0 saturated heterocycles. The van der Waals surface area contributed by atoms with E-state index in [0.717, 1.165) is 0 Å². The molecule has 1 rings (SSSR count). The Balaban J connectivity index is 3.15. The Kier molecular flexibility index (Phi) is 4.80. The molecule has 17 heavy (non-hydrogen) atoms. The summed E-state index contributed by atoms with van der Waals surface area (Å²) in [6.07, 6.45) is -2.93. The van der Waals surface area contributed by atoms with Gasteiger partial charge in [-0.2, -0.15) is 0 Å². The van der Waals surface area contributed by atoms with Crippen LogP contribution in [0.25, 0.3) is 0 Å². The van der Waals surface area contributed by atoms with E-state index in [9.17, 15) is 13.6 Å². The van der Waals surface area contributed by atoms with Gasteiger partial charge in [0.1, 0.15) is 11.4 Å². The maximum atomic E-state index is 12.7. The summed E-state index contributed by atoms with van der Waals surface area (Å²) >= 11 is 2.98. The van der Waals surface area contributed by atoms with E-state index >= 15 is 0 Å². The van der Waals surface area contributed by atoms with Crippen molar-refractivity contribution in [1.29, 1.82) is 0 Å². The number of ether oxygens (including phenoxy) is 2. The molecule has 0 aliphatic carbocycles. The minimum absolute atomic E-state index is 0.0867. The smallest absolute Gasteiger partial charge is 0.311 e. The predicted molar refractivity (Wildman–Crippen MR) is 59.2 cm³/mol. The van der Waals surface area contributed by atoms with E-state index in [0.29, 0.717) is 0 Å². The van der Waals surface area contributed by atoms with Crippen LogP contribution >= 0.6 is 15.9 Å². The van der Waals surface area contributed by atoms with Crippen molar-refractivity contribution in [2.45, 2.75) is 12.8 Å². The third kappa shape index (κ3) is 3.36. The zero-order chi connectivity index (χ0) is 13.0. The Morgan fingerprint density at radius 2 is 2.18 bits per heavy atom. The molecule has 0 aliphatic rings. The van der Waals surface area contributed by atoms with Crippen molar-refractivity contribution in [2.75, 3.05) is 14.2 Å². The molecule has 0 saturated carbocycles. The van der Waals surface area contributed by atoms with Gasteiger partial charge in [-0.15, -0.1) is 0 Å². The van der Waals surface area contributed by atoms with Crippen molar-refractivity contribution in [3.63, 3.8) is 0 Å². The molecule has 0 unspecified atom stereocenters. The molecule has 4 nitrogen and oxygen atoms in total. The molecule has 0 bridgehead atoms. The first-order valence-corrected chi connectivity index (χ1v) is 5.37. The summed E-state index contributed by atoms with van der Waals surface area (Å²) in [5.41, 5.74) is -0.282. The first-order valence-electron chi connectivity index (χ1n) is 4.57. The lowest BCUT2D eigenvalue weighted by molar-refractivity contribution is -0.139. The summed E-state index contributed by atoms with van der Waals surface area (Å²) in [6.45, 7) is 0. The molecule has 0 aromatic carbocycles. The minimum Gasteiger partial charge on any atom is -0.495 e. The molecule has 0 amide bonds. The van der Waals surface area contributed by atoms with Crippen molar-refractivity contribution < 1.29 is 23.0 Å². The SMILES string of the molecule is COC(=O)Cc1cc(OC)c(Br)c(C(F)F)n1. The van der Waals surface area contributed by atoms with Crippen LogP contribution in [-0.4, -0.2) is 25.2 Å². The third-order valence-electron chi connectivity index (χ3n) is 1.98. The van der Waals surface area contributed by atoms with Crippen LogP contribution in [0.5, 0.6) is 5.75 Å². The summed E-state index contributed by atoms with van der Waals surface area (Å²) in [5.74, 6) is -0.351. The average molecular weight is 310 g/mol.